The van der Waals surface area contributed by atoms with Crippen LogP contribution in [0, 0.1) is 11.8 Å². The van der Waals surface area contributed by atoms with E-state index in [1.54, 1.807) is 0 Å². The second-order valence-electron chi connectivity index (χ2n) is 6.11. The molecule has 1 aliphatic rings. The molecule has 0 aliphatic carbocycles. The molecular weight excluding hydrogens is 232 g/mol. The Labute approximate surface area is 119 Å². The lowest BCUT2D eigenvalue weighted by Crippen LogP contribution is -2.41. The van der Waals surface area contributed by atoms with E-state index in [0.29, 0.717) is 5.92 Å². The summed E-state index contributed by atoms with van der Waals surface area (Å²) in [4.78, 5) is 0. The van der Waals surface area contributed by atoms with Gasteiger partial charge in [-0.25, -0.2) is 5.01 Å². The van der Waals surface area contributed by atoms with Gasteiger partial charge in [-0.05, 0) is 50.0 Å². The largest absolute Gasteiger partial charge is 0.324 e. The molecule has 0 aromatic carbocycles. The van der Waals surface area contributed by atoms with Gasteiger partial charge in [-0.15, -0.1) is 5.73 Å². The molecule has 0 spiro atoms. The summed E-state index contributed by atoms with van der Waals surface area (Å²) in [5, 5.41) is 2.32. The number of piperidine rings is 1. The minimum Gasteiger partial charge on any atom is -0.324 e. The van der Waals surface area contributed by atoms with Crippen LogP contribution in [0.3, 0.4) is 0 Å². The van der Waals surface area contributed by atoms with Crippen molar-refractivity contribution in [1.29, 1.82) is 0 Å². The van der Waals surface area contributed by atoms with Crippen LogP contribution in [0.25, 0.3) is 0 Å². The van der Waals surface area contributed by atoms with Crippen molar-refractivity contribution in [2.45, 2.75) is 52.4 Å². The Bertz CT molecular complexity index is 307. The summed E-state index contributed by atoms with van der Waals surface area (Å²) in [7, 11) is 0. The maximum atomic E-state index is 4.20. The molecule has 1 aliphatic heterocycles. The lowest BCUT2D eigenvalue weighted by molar-refractivity contribution is 0.170. The topological polar surface area (TPSA) is 15.3 Å². The van der Waals surface area contributed by atoms with Crippen LogP contribution in [0.4, 0.5) is 0 Å². The third-order valence-electron chi connectivity index (χ3n) is 3.61. The van der Waals surface area contributed by atoms with E-state index in [4.69, 9.17) is 0 Å². The van der Waals surface area contributed by atoms with Crippen LogP contribution in [0.2, 0.25) is 0 Å². The first kappa shape index (κ1) is 16.1. The molecule has 0 bridgehead atoms. The Kier molecular flexibility index (Phi) is 7.62. The smallest absolute Gasteiger partial charge is 0.0195 e. The van der Waals surface area contributed by atoms with E-state index >= 15 is 0 Å². The zero-order valence-electron chi connectivity index (χ0n) is 12.8. The van der Waals surface area contributed by atoms with Crippen molar-refractivity contribution in [1.82, 2.24) is 10.4 Å². The SMILES string of the molecule is C=C=CCC(CC(=C)NN1CCCCC1)CC(C)C. The molecule has 0 amide bonds. The summed E-state index contributed by atoms with van der Waals surface area (Å²) in [5.74, 6) is 1.38. The van der Waals surface area contributed by atoms with Gasteiger partial charge in [-0.1, -0.05) is 33.4 Å². The maximum Gasteiger partial charge on any atom is 0.0195 e. The molecule has 2 heteroatoms. The molecule has 1 rings (SSSR count). The van der Waals surface area contributed by atoms with Crippen LogP contribution in [0.5, 0.6) is 0 Å². The summed E-state index contributed by atoms with van der Waals surface area (Å²) < 4.78 is 0. The van der Waals surface area contributed by atoms with E-state index in [-0.39, 0.29) is 0 Å². The number of allylic oxidation sites excluding steroid dienone is 2. The fourth-order valence-electron chi connectivity index (χ4n) is 2.80. The van der Waals surface area contributed by atoms with Crippen molar-refractivity contribution in [3.63, 3.8) is 0 Å². The minimum absolute atomic E-state index is 0.652. The van der Waals surface area contributed by atoms with Gasteiger partial charge in [0.25, 0.3) is 0 Å². The van der Waals surface area contributed by atoms with Gasteiger partial charge in [0.1, 0.15) is 0 Å². The molecule has 108 valence electrons. The molecule has 1 heterocycles. The average Bonchev–Trinajstić information content (AvgIpc) is 2.36. The van der Waals surface area contributed by atoms with E-state index in [1.165, 1.54) is 25.7 Å². The molecule has 2 nitrogen and oxygen atoms in total. The van der Waals surface area contributed by atoms with Gasteiger partial charge in [0.05, 0.1) is 0 Å². The highest BCUT2D eigenvalue weighted by Crippen LogP contribution is 2.22. The highest BCUT2D eigenvalue weighted by molar-refractivity contribution is 4.94. The fourth-order valence-corrected chi connectivity index (χ4v) is 2.80. The van der Waals surface area contributed by atoms with Gasteiger partial charge in [-0.3, -0.25) is 0 Å². The van der Waals surface area contributed by atoms with E-state index in [9.17, 15) is 0 Å². The highest BCUT2D eigenvalue weighted by Gasteiger charge is 2.14. The van der Waals surface area contributed by atoms with Crippen LogP contribution < -0.4 is 5.43 Å². The van der Waals surface area contributed by atoms with E-state index < -0.39 is 0 Å². The monoisotopic (exact) mass is 262 g/mol. The molecule has 19 heavy (non-hydrogen) atoms. The lowest BCUT2D eigenvalue weighted by Gasteiger charge is -2.30. The molecule has 0 aromatic rings. The zero-order chi connectivity index (χ0) is 14.1. The maximum absolute atomic E-state index is 4.20. The fraction of sp³-hybridized carbons (Fsp3) is 0.706. The Hall–Kier alpha value is -0.980. The Morgan fingerprint density at radius 1 is 1.32 bits per heavy atom. The predicted molar refractivity (Wildman–Crippen MR) is 83.6 cm³/mol. The van der Waals surface area contributed by atoms with Crippen LogP contribution >= 0.6 is 0 Å². The number of nitrogens with zero attached hydrogens (tertiary/aromatic N) is 1. The number of hydrazine groups is 1. The van der Waals surface area contributed by atoms with Crippen molar-refractivity contribution < 1.29 is 0 Å². The van der Waals surface area contributed by atoms with Crippen molar-refractivity contribution in [2.75, 3.05) is 13.1 Å². The summed E-state index contributed by atoms with van der Waals surface area (Å²) in [5.41, 5.74) is 7.54. The van der Waals surface area contributed by atoms with E-state index in [1.807, 2.05) is 0 Å². The number of rotatable bonds is 8. The predicted octanol–water partition coefficient (Wildman–Crippen LogP) is 4.27. The van der Waals surface area contributed by atoms with E-state index in [2.05, 4.69) is 49.2 Å². The molecule has 0 aromatic heterocycles. The van der Waals surface area contributed by atoms with Gasteiger partial charge in [0.15, 0.2) is 0 Å². The second kappa shape index (κ2) is 9.01. The quantitative estimate of drug-likeness (QED) is 0.657. The Morgan fingerprint density at radius 3 is 2.58 bits per heavy atom. The molecule has 1 N–H and O–H groups in total. The van der Waals surface area contributed by atoms with Crippen LogP contribution in [0.1, 0.15) is 52.4 Å². The van der Waals surface area contributed by atoms with Crippen LogP contribution in [-0.4, -0.2) is 18.1 Å². The second-order valence-corrected chi connectivity index (χ2v) is 6.11. The van der Waals surface area contributed by atoms with Crippen molar-refractivity contribution >= 4 is 0 Å². The average molecular weight is 262 g/mol. The molecule has 0 saturated carbocycles. The first-order valence-corrected chi connectivity index (χ1v) is 7.65. The molecule has 1 atom stereocenters. The zero-order valence-corrected chi connectivity index (χ0v) is 12.8. The lowest BCUT2D eigenvalue weighted by atomic mass is 9.90. The first-order chi connectivity index (χ1) is 9.11. The number of hydrogen-bond acceptors (Lipinski definition) is 2. The summed E-state index contributed by atoms with van der Waals surface area (Å²) >= 11 is 0. The third-order valence-corrected chi connectivity index (χ3v) is 3.61. The molecular formula is C17H30N2. The van der Waals surface area contributed by atoms with E-state index in [0.717, 1.165) is 37.5 Å². The summed E-state index contributed by atoms with van der Waals surface area (Å²) in [6.07, 6.45) is 9.36. The first-order valence-electron chi connectivity index (χ1n) is 7.65. The standard InChI is InChI=1S/C17H30N2/c1-5-6-10-17(13-15(2)3)14-16(4)18-19-11-8-7-9-12-19/h6,15,17-18H,1,4,7-14H2,2-3H3. The third kappa shape index (κ3) is 7.25. The Morgan fingerprint density at radius 2 is 2.00 bits per heavy atom. The highest BCUT2D eigenvalue weighted by atomic mass is 15.5. The molecule has 1 saturated heterocycles. The Balaban J connectivity index is 2.37. The molecule has 1 fully saturated rings. The molecule has 1 unspecified atom stereocenters. The van der Waals surface area contributed by atoms with Crippen molar-refractivity contribution in [2.24, 2.45) is 11.8 Å². The number of hydrogen-bond donors (Lipinski definition) is 1. The number of nitrogens with one attached hydrogen (secondary N) is 1. The van der Waals surface area contributed by atoms with Gasteiger partial charge in [0, 0.05) is 18.8 Å². The van der Waals surface area contributed by atoms with Gasteiger partial charge in [0.2, 0.25) is 0 Å². The van der Waals surface area contributed by atoms with Crippen LogP contribution in [-0.2, 0) is 0 Å². The van der Waals surface area contributed by atoms with Gasteiger partial charge >= 0.3 is 0 Å². The van der Waals surface area contributed by atoms with Crippen molar-refractivity contribution in [3.8, 4) is 0 Å². The van der Waals surface area contributed by atoms with Crippen molar-refractivity contribution in [3.05, 3.63) is 30.7 Å². The van der Waals surface area contributed by atoms with Crippen LogP contribution in [0.15, 0.2) is 30.7 Å². The van der Waals surface area contributed by atoms with Gasteiger partial charge < -0.3 is 5.43 Å². The summed E-state index contributed by atoms with van der Waals surface area (Å²) in [6.45, 7) is 14.7. The summed E-state index contributed by atoms with van der Waals surface area (Å²) in [6, 6.07) is 0. The minimum atomic E-state index is 0.652. The normalized spacial score (nSPS) is 17.8. The molecule has 0 radical (unpaired) electrons. The van der Waals surface area contributed by atoms with Gasteiger partial charge in [-0.2, -0.15) is 0 Å².